The molecule has 2 heteroatoms. The van der Waals surface area contributed by atoms with E-state index >= 15 is 0 Å². The molecule has 0 aromatic heterocycles. The summed E-state index contributed by atoms with van der Waals surface area (Å²) in [5.74, 6) is 0. The second-order valence-corrected chi connectivity index (χ2v) is 19.2. The average molecular weight is 791 g/mol. The van der Waals surface area contributed by atoms with E-state index in [1.165, 1.54) is 71.4 Å². The van der Waals surface area contributed by atoms with E-state index in [1.807, 2.05) is 0 Å². The lowest BCUT2D eigenvalue weighted by Crippen LogP contribution is -2.50. The first-order valence-corrected chi connectivity index (χ1v) is 21.8. The lowest BCUT2D eigenvalue weighted by molar-refractivity contribution is 0.0965. The normalized spacial score (nSPS) is 13.4. The molecule has 300 valence electrons. The Balaban J connectivity index is 1.36. The summed E-state index contributed by atoms with van der Waals surface area (Å²) in [4.78, 5) is 4.90. The monoisotopic (exact) mass is 790 g/mol. The summed E-state index contributed by atoms with van der Waals surface area (Å²) < 4.78 is 0. The van der Waals surface area contributed by atoms with E-state index in [0.29, 0.717) is 0 Å². The van der Waals surface area contributed by atoms with E-state index in [-0.39, 0.29) is 10.8 Å². The Labute approximate surface area is 361 Å². The van der Waals surface area contributed by atoms with Gasteiger partial charge in [-0.25, -0.2) is 0 Å². The molecule has 9 aromatic carbocycles. The number of benzene rings is 9. The highest BCUT2D eigenvalue weighted by Crippen LogP contribution is 2.69. The maximum Gasteiger partial charge on any atom is 0.0543 e. The molecule has 0 unspecified atom stereocenters. The number of nitrogens with zero attached hydrogens (tertiary/aromatic N) is 2. The van der Waals surface area contributed by atoms with Crippen LogP contribution in [0.15, 0.2) is 182 Å². The second kappa shape index (κ2) is 14.2. The fraction of sp³-hybridized carbons (Fsp3) is 0.186. The molecule has 0 heterocycles. The maximum absolute atomic E-state index is 2.59. The summed E-state index contributed by atoms with van der Waals surface area (Å²) in [5, 5.41) is 7.71. The molecule has 1 aliphatic carbocycles. The Morgan fingerprint density at radius 3 is 1.36 bits per heavy atom. The van der Waals surface area contributed by atoms with Crippen LogP contribution in [0.1, 0.15) is 63.8 Å². The minimum Gasteiger partial charge on any atom is -0.310 e. The summed E-state index contributed by atoms with van der Waals surface area (Å²) >= 11 is 0. The standard InChI is InChI=1S/C59H54N2/c1-39-21-19-27-43(35-39)60(41-23-11-9-12-24-41)45-33-34-50-51(37-45)46-29-15-17-31-48(46)55-54-49-32-18-16-30-47(49)53(38-52(54)59(56(50)55,57(3,4)5)58(6,7)8)61(42-25-13-10-14-26-42)44-28-20-22-40(2)36-44/h9-38H,1-8H3. The van der Waals surface area contributed by atoms with Crippen molar-refractivity contribution >= 4 is 66.4 Å². The Kier molecular flexibility index (Phi) is 9.00. The van der Waals surface area contributed by atoms with Crippen LogP contribution >= 0.6 is 0 Å². The van der Waals surface area contributed by atoms with E-state index in [1.54, 1.807) is 0 Å². The summed E-state index contributed by atoms with van der Waals surface area (Å²) in [5.41, 5.74) is 14.2. The quantitative estimate of drug-likeness (QED) is 0.155. The molecular weight excluding hydrogens is 737 g/mol. The van der Waals surface area contributed by atoms with Gasteiger partial charge in [0.15, 0.2) is 0 Å². The first-order valence-electron chi connectivity index (χ1n) is 21.8. The van der Waals surface area contributed by atoms with Gasteiger partial charge in [-0.05, 0) is 152 Å². The largest absolute Gasteiger partial charge is 0.310 e. The molecule has 0 N–H and O–H groups in total. The van der Waals surface area contributed by atoms with Crippen molar-refractivity contribution in [2.75, 3.05) is 9.80 Å². The van der Waals surface area contributed by atoms with Crippen molar-refractivity contribution in [3.05, 3.63) is 204 Å². The third-order valence-electron chi connectivity index (χ3n) is 13.4. The first-order chi connectivity index (χ1) is 29.4. The van der Waals surface area contributed by atoms with Crippen LogP contribution in [0.3, 0.4) is 0 Å². The highest BCUT2D eigenvalue weighted by molar-refractivity contribution is 6.23. The van der Waals surface area contributed by atoms with E-state index in [0.717, 1.165) is 28.4 Å². The molecule has 10 rings (SSSR count). The number of para-hydroxylation sites is 2. The minimum absolute atomic E-state index is 0.197. The molecular formula is C59H54N2. The highest BCUT2D eigenvalue weighted by Gasteiger charge is 2.59. The zero-order valence-corrected chi connectivity index (χ0v) is 36.7. The predicted octanol–water partition coefficient (Wildman–Crippen LogP) is 17.1. The van der Waals surface area contributed by atoms with Crippen LogP contribution in [0.4, 0.5) is 34.1 Å². The molecule has 0 aliphatic heterocycles. The van der Waals surface area contributed by atoms with Gasteiger partial charge in [-0.15, -0.1) is 0 Å². The van der Waals surface area contributed by atoms with Crippen molar-refractivity contribution in [1.29, 1.82) is 0 Å². The number of anilines is 6. The lowest BCUT2D eigenvalue weighted by Gasteiger charge is -2.53. The van der Waals surface area contributed by atoms with Gasteiger partial charge >= 0.3 is 0 Å². The fourth-order valence-electron chi connectivity index (χ4n) is 11.5. The van der Waals surface area contributed by atoms with E-state index < -0.39 is 5.41 Å². The Bertz CT molecular complexity index is 3110. The predicted molar refractivity (Wildman–Crippen MR) is 263 cm³/mol. The Morgan fingerprint density at radius 1 is 0.344 bits per heavy atom. The van der Waals surface area contributed by atoms with Crippen molar-refractivity contribution in [2.45, 2.75) is 60.8 Å². The van der Waals surface area contributed by atoms with Gasteiger partial charge in [-0.1, -0.05) is 157 Å². The van der Waals surface area contributed by atoms with E-state index in [4.69, 9.17) is 0 Å². The summed E-state index contributed by atoms with van der Waals surface area (Å²) in [6.45, 7) is 19.2. The van der Waals surface area contributed by atoms with Crippen LogP contribution in [-0.2, 0) is 5.41 Å². The van der Waals surface area contributed by atoms with Crippen LogP contribution in [0, 0.1) is 24.7 Å². The van der Waals surface area contributed by atoms with Gasteiger partial charge in [0.05, 0.1) is 5.69 Å². The summed E-state index contributed by atoms with van der Waals surface area (Å²) in [6.07, 6.45) is 0. The molecule has 0 fully saturated rings. The molecule has 0 saturated heterocycles. The zero-order valence-electron chi connectivity index (χ0n) is 36.7. The Hall–Kier alpha value is -6.64. The van der Waals surface area contributed by atoms with Crippen LogP contribution < -0.4 is 9.80 Å². The van der Waals surface area contributed by atoms with Crippen molar-refractivity contribution < 1.29 is 0 Å². The Morgan fingerprint density at radius 2 is 0.803 bits per heavy atom. The maximum atomic E-state index is 2.59. The van der Waals surface area contributed by atoms with Gasteiger partial charge < -0.3 is 9.80 Å². The number of hydrogen-bond donors (Lipinski definition) is 0. The lowest BCUT2D eigenvalue weighted by atomic mass is 9.49. The van der Waals surface area contributed by atoms with Gasteiger partial charge in [0.2, 0.25) is 0 Å². The zero-order chi connectivity index (χ0) is 42.3. The number of rotatable bonds is 6. The van der Waals surface area contributed by atoms with Gasteiger partial charge in [-0.2, -0.15) is 0 Å². The summed E-state index contributed by atoms with van der Waals surface area (Å²) in [7, 11) is 0. The molecule has 0 saturated carbocycles. The molecule has 2 nitrogen and oxygen atoms in total. The topological polar surface area (TPSA) is 6.48 Å². The van der Waals surface area contributed by atoms with Crippen molar-refractivity contribution in [1.82, 2.24) is 0 Å². The SMILES string of the molecule is Cc1cccc(N(c2ccccc2)c2ccc3c4c(c5ccccc5c3c2)-c2c(cc(N(c3ccccc3)c3cccc(C)c3)c3ccccc23)C4(C(C)(C)C)C(C)(C)C)c1. The first kappa shape index (κ1) is 38.6. The number of fused-ring (bicyclic) bond motifs is 10. The van der Waals surface area contributed by atoms with Crippen molar-refractivity contribution in [3.8, 4) is 11.1 Å². The van der Waals surface area contributed by atoms with E-state index in [2.05, 4.69) is 247 Å². The summed E-state index contributed by atoms with van der Waals surface area (Å²) in [6, 6.07) is 67.7. The second-order valence-electron chi connectivity index (χ2n) is 19.2. The molecule has 9 aromatic rings. The van der Waals surface area contributed by atoms with Crippen LogP contribution in [0.2, 0.25) is 0 Å². The third kappa shape index (κ3) is 5.91. The molecule has 0 spiro atoms. The van der Waals surface area contributed by atoms with Gasteiger partial charge in [0.25, 0.3) is 0 Å². The molecule has 1 aliphatic rings. The van der Waals surface area contributed by atoms with Crippen molar-refractivity contribution in [3.63, 3.8) is 0 Å². The van der Waals surface area contributed by atoms with Gasteiger partial charge in [0.1, 0.15) is 0 Å². The van der Waals surface area contributed by atoms with E-state index in [9.17, 15) is 0 Å². The van der Waals surface area contributed by atoms with Gasteiger partial charge in [-0.3, -0.25) is 0 Å². The third-order valence-corrected chi connectivity index (χ3v) is 13.4. The fourth-order valence-corrected chi connectivity index (χ4v) is 11.5. The number of aryl methyl sites for hydroxylation is 2. The molecule has 0 amide bonds. The van der Waals surface area contributed by atoms with Gasteiger partial charge in [0, 0.05) is 39.2 Å². The average Bonchev–Trinajstić information content (AvgIpc) is 3.58. The van der Waals surface area contributed by atoms with Crippen LogP contribution in [0.25, 0.3) is 43.4 Å². The highest BCUT2D eigenvalue weighted by atomic mass is 15.1. The molecule has 0 radical (unpaired) electrons. The molecule has 0 bridgehead atoms. The molecule has 61 heavy (non-hydrogen) atoms. The minimum atomic E-state index is -0.405. The number of hydrogen-bond acceptors (Lipinski definition) is 2. The molecule has 0 atom stereocenters. The van der Waals surface area contributed by atoms with Crippen LogP contribution in [0.5, 0.6) is 0 Å². The smallest absolute Gasteiger partial charge is 0.0543 e. The van der Waals surface area contributed by atoms with Crippen molar-refractivity contribution in [2.24, 2.45) is 10.8 Å². The van der Waals surface area contributed by atoms with Crippen LogP contribution in [-0.4, -0.2) is 0 Å².